The predicted molar refractivity (Wildman–Crippen MR) is 88.9 cm³/mol. The Balaban J connectivity index is 1.67. The van der Waals surface area contributed by atoms with Gasteiger partial charge in [0.15, 0.2) is 0 Å². The molecule has 2 unspecified atom stereocenters. The lowest BCUT2D eigenvalue weighted by atomic mass is 10.0. The maximum atomic E-state index is 10.3. The van der Waals surface area contributed by atoms with Crippen molar-refractivity contribution < 1.29 is 14.9 Å². The smallest absolute Gasteiger partial charge is 0.121 e. The lowest BCUT2D eigenvalue weighted by Crippen LogP contribution is -2.07. The van der Waals surface area contributed by atoms with Crippen LogP contribution in [0.25, 0.3) is 0 Å². The normalized spacial score (nSPS) is 22.2. The summed E-state index contributed by atoms with van der Waals surface area (Å²) >= 11 is 0. The molecule has 0 aromatic heterocycles. The predicted octanol–water partition coefficient (Wildman–Crippen LogP) is 4.41. The first-order valence-corrected chi connectivity index (χ1v) is 8.34. The Hall–Kier alpha value is -2.00. The summed E-state index contributed by atoms with van der Waals surface area (Å²) in [5.74, 6) is 0.666. The molecule has 0 aliphatic heterocycles. The number of hydrogen-bond acceptors (Lipinski definition) is 3. The molecule has 120 valence electrons. The topological polar surface area (TPSA) is 49.7 Å². The number of phenols is 2. The van der Waals surface area contributed by atoms with Crippen molar-refractivity contribution in [2.24, 2.45) is 0 Å². The fourth-order valence-electron chi connectivity index (χ4n) is 4.21. The molecule has 3 heteroatoms. The fourth-order valence-corrected chi connectivity index (χ4v) is 4.21. The molecule has 0 saturated heterocycles. The van der Waals surface area contributed by atoms with Gasteiger partial charge in [0.2, 0.25) is 0 Å². The van der Waals surface area contributed by atoms with Gasteiger partial charge < -0.3 is 14.9 Å². The molecule has 0 saturated carbocycles. The van der Waals surface area contributed by atoms with Crippen LogP contribution in [0.5, 0.6) is 11.5 Å². The van der Waals surface area contributed by atoms with Crippen LogP contribution in [0.4, 0.5) is 0 Å². The average Bonchev–Trinajstić information content (AvgIpc) is 3.14. The van der Waals surface area contributed by atoms with E-state index < -0.39 is 0 Å². The van der Waals surface area contributed by atoms with Crippen molar-refractivity contribution in [1.29, 1.82) is 0 Å². The van der Waals surface area contributed by atoms with Gasteiger partial charge in [-0.05, 0) is 73.9 Å². The molecular formula is C20H22O3. The maximum absolute atomic E-state index is 10.3. The van der Waals surface area contributed by atoms with E-state index in [1.807, 2.05) is 12.1 Å². The highest BCUT2D eigenvalue weighted by Crippen LogP contribution is 2.48. The van der Waals surface area contributed by atoms with Gasteiger partial charge in [-0.15, -0.1) is 0 Å². The van der Waals surface area contributed by atoms with E-state index in [-0.39, 0.29) is 12.2 Å². The summed E-state index contributed by atoms with van der Waals surface area (Å²) in [6.45, 7) is 4.17. The number of rotatable bonds is 2. The molecule has 0 fully saturated rings. The molecule has 2 aliphatic rings. The summed E-state index contributed by atoms with van der Waals surface area (Å²) < 4.78 is 6.38. The Morgan fingerprint density at radius 1 is 0.783 bits per heavy atom. The van der Waals surface area contributed by atoms with Gasteiger partial charge in [0.05, 0.1) is 12.2 Å². The number of benzene rings is 2. The minimum Gasteiger partial charge on any atom is -0.508 e. The zero-order valence-electron chi connectivity index (χ0n) is 13.6. The molecule has 2 atom stereocenters. The quantitative estimate of drug-likeness (QED) is 0.864. The molecule has 2 N–H and O–H groups in total. The van der Waals surface area contributed by atoms with E-state index in [4.69, 9.17) is 4.74 Å². The Bertz CT molecular complexity index is 713. The molecule has 2 aliphatic carbocycles. The Morgan fingerprint density at radius 3 is 1.65 bits per heavy atom. The highest BCUT2D eigenvalue weighted by atomic mass is 16.5. The van der Waals surface area contributed by atoms with Gasteiger partial charge in [-0.25, -0.2) is 0 Å². The zero-order chi connectivity index (χ0) is 16.1. The van der Waals surface area contributed by atoms with E-state index in [9.17, 15) is 10.2 Å². The zero-order valence-corrected chi connectivity index (χ0v) is 13.6. The third kappa shape index (κ3) is 2.22. The lowest BCUT2D eigenvalue weighted by Gasteiger charge is -2.21. The van der Waals surface area contributed by atoms with Crippen molar-refractivity contribution in [2.45, 2.75) is 51.7 Å². The number of aromatic hydroxyl groups is 2. The molecule has 23 heavy (non-hydrogen) atoms. The van der Waals surface area contributed by atoms with Crippen molar-refractivity contribution in [3.63, 3.8) is 0 Å². The van der Waals surface area contributed by atoms with Crippen LogP contribution in [0.2, 0.25) is 0 Å². The summed E-state index contributed by atoms with van der Waals surface area (Å²) in [7, 11) is 0. The number of hydrogen-bond donors (Lipinski definition) is 2. The summed E-state index contributed by atoms with van der Waals surface area (Å²) in [4.78, 5) is 0. The third-order valence-corrected chi connectivity index (χ3v) is 5.42. The molecule has 0 amide bonds. The molecule has 0 heterocycles. The van der Waals surface area contributed by atoms with Crippen molar-refractivity contribution >= 4 is 0 Å². The summed E-state index contributed by atoms with van der Waals surface area (Å²) in [6, 6.07) is 7.47. The first-order valence-electron chi connectivity index (χ1n) is 8.34. The highest BCUT2D eigenvalue weighted by Gasteiger charge is 2.34. The third-order valence-electron chi connectivity index (χ3n) is 5.42. The Kier molecular flexibility index (Phi) is 3.34. The number of phenolic OH excluding ortho intramolecular Hbond substituents is 2. The van der Waals surface area contributed by atoms with Gasteiger partial charge in [-0.2, -0.15) is 0 Å². The second-order valence-electron chi connectivity index (χ2n) is 6.78. The fraction of sp³-hybridized carbons (Fsp3) is 0.400. The minimum absolute atomic E-state index is 0.0826. The Morgan fingerprint density at radius 2 is 1.22 bits per heavy atom. The van der Waals surface area contributed by atoms with Crippen LogP contribution in [0.1, 0.15) is 58.4 Å². The van der Waals surface area contributed by atoms with Crippen molar-refractivity contribution in [2.75, 3.05) is 0 Å². The average molecular weight is 310 g/mol. The molecule has 4 rings (SSSR count). The number of fused-ring (bicyclic) bond motifs is 2. The summed E-state index contributed by atoms with van der Waals surface area (Å²) in [6.07, 6.45) is 3.51. The van der Waals surface area contributed by atoms with E-state index in [1.54, 1.807) is 12.1 Å². The van der Waals surface area contributed by atoms with Crippen LogP contribution in [0.3, 0.4) is 0 Å². The van der Waals surface area contributed by atoms with Crippen molar-refractivity contribution in [3.05, 3.63) is 57.6 Å². The van der Waals surface area contributed by atoms with Crippen LogP contribution >= 0.6 is 0 Å². The van der Waals surface area contributed by atoms with Crippen molar-refractivity contribution in [3.8, 4) is 11.5 Å². The standard InChI is InChI=1S/C20H22O3/c1-11-3-7-15(21)19-13(11)5-9-17(19)23-18-10-6-14-12(2)4-8-16(22)20(14)18/h3-4,7-8,17-18,21-22H,5-6,9-10H2,1-2H3. The van der Waals surface area contributed by atoms with Crippen LogP contribution in [-0.4, -0.2) is 10.2 Å². The largest absolute Gasteiger partial charge is 0.508 e. The van der Waals surface area contributed by atoms with E-state index >= 15 is 0 Å². The van der Waals surface area contributed by atoms with Crippen molar-refractivity contribution in [1.82, 2.24) is 0 Å². The molecule has 2 aromatic carbocycles. The van der Waals surface area contributed by atoms with Gasteiger partial charge in [-0.3, -0.25) is 0 Å². The molecule has 0 radical (unpaired) electrons. The number of aryl methyl sites for hydroxylation is 2. The van der Waals surface area contributed by atoms with E-state index in [1.165, 1.54) is 22.3 Å². The molecular weight excluding hydrogens is 288 g/mol. The van der Waals surface area contributed by atoms with Gasteiger partial charge in [-0.1, -0.05) is 12.1 Å². The van der Waals surface area contributed by atoms with Crippen LogP contribution in [0, 0.1) is 13.8 Å². The maximum Gasteiger partial charge on any atom is 0.121 e. The summed E-state index contributed by atoms with van der Waals surface area (Å²) in [5, 5.41) is 20.5. The monoisotopic (exact) mass is 310 g/mol. The Labute approximate surface area is 136 Å². The first-order chi connectivity index (χ1) is 11.1. The molecule has 0 spiro atoms. The lowest BCUT2D eigenvalue weighted by molar-refractivity contribution is -0.0147. The SMILES string of the molecule is Cc1ccc(O)c2c1CCC2OC1CCc2c(C)ccc(O)c21. The molecule has 3 nitrogen and oxygen atoms in total. The second kappa shape index (κ2) is 5.27. The van der Waals surface area contributed by atoms with Gasteiger partial charge >= 0.3 is 0 Å². The second-order valence-corrected chi connectivity index (χ2v) is 6.78. The van der Waals surface area contributed by atoms with Crippen LogP contribution in [0.15, 0.2) is 24.3 Å². The van der Waals surface area contributed by atoms with Gasteiger partial charge in [0.1, 0.15) is 11.5 Å². The van der Waals surface area contributed by atoms with E-state index in [0.717, 1.165) is 36.8 Å². The molecule has 2 aromatic rings. The molecule has 0 bridgehead atoms. The van der Waals surface area contributed by atoms with Gasteiger partial charge in [0, 0.05) is 11.1 Å². The number of ether oxygens (including phenoxy) is 1. The minimum atomic E-state index is -0.0826. The van der Waals surface area contributed by atoms with Gasteiger partial charge in [0.25, 0.3) is 0 Å². The first kappa shape index (κ1) is 14.6. The summed E-state index contributed by atoms with van der Waals surface area (Å²) in [5.41, 5.74) is 6.78. The highest BCUT2D eigenvalue weighted by molar-refractivity contribution is 5.50. The van der Waals surface area contributed by atoms with Crippen LogP contribution in [-0.2, 0) is 17.6 Å². The van der Waals surface area contributed by atoms with E-state index in [2.05, 4.69) is 13.8 Å². The van der Waals surface area contributed by atoms with E-state index in [0.29, 0.717) is 11.5 Å². The van der Waals surface area contributed by atoms with Crippen LogP contribution < -0.4 is 0 Å².